The maximum absolute atomic E-state index is 10.4. The SMILES string of the molecule is Cc1nc(CCCC(=O)O)c(C(C)C)s1. The second-order valence-corrected chi connectivity index (χ2v) is 5.18. The molecule has 0 amide bonds. The van der Waals surface area contributed by atoms with E-state index in [9.17, 15) is 4.79 Å². The summed E-state index contributed by atoms with van der Waals surface area (Å²) in [5.41, 5.74) is 1.09. The number of hydrogen-bond donors (Lipinski definition) is 1. The Morgan fingerprint density at radius 2 is 2.20 bits per heavy atom. The van der Waals surface area contributed by atoms with Crippen LogP contribution in [0, 0.1) is 6.92 Å². The topological polar surface area (TPSA) is 50.2 Å². The summed E-state index contributed by atoms with van der Waals surface area (Å²) in [5, 5.41) is 9.63. The number of aromatic nitrogens is 1. The van der Waals surface area contributed by atoms with Crippen molar-refractivity contribution in [2.45, 2.75) is 46.0 Å². The summed E-state index contributed by atoms with van der Waals surface area (Å²) in [6, 6.07) is 0. The zero-order valence-corrected chi connectivity index (χ0v) is 10.2. The summed E-state index contributed by atoms with van der Waals surface area (Å²) in [6.07, 6.45) is 1.69. The van der Waals surface area contributed by atoms with Gasteiger partial charge in [-0.15, -0.1) is 11.3 Å². The highest BCUT2D eigenvalue weighted by molar-refractivity contribution is 7.11. The molecule has 0 saturated carbocycles. The van der Waals surface area contributed by atoms with Gasteiger partial charge in [0.2, 0.25) is 0 Å². The number of carboxylic acids is 1. The zero-order chi connectivity index (χ0) is 11.4. The maximum Gasteiger partial charge on any atom is 0.303 e. The van der Waals surface area contributed by atoms with Crippen molar-refractivity contribution in [2.75, 3.05) is 0 Å². The Kier molecular flexibility index (Phi) is 4.27. The molecule has 0 atom stereocenters. The van der Waals surface area contributed by atoms with Crippen LogP contribution in [-0.2, 0) is 11.2 Å². The molecule has 0 fully saturated rings. The fourth-order valence-electron chi connectivity index (χ4n) is 1.52. The first-order chi connectivity index (χ1) is 7.00. The molecule has 0 spiro atoms. The third kappa shape index (κ3) is 3.63. The molecule has 1 N–H and O–H groups in total. The van der Waals surface area contributed by atoms with Gasteiger partial charge in [0.05, 0.1) is 10.7 Å². The van der Waals surface area contributed by atoms with Gasteiger partial charge in [-0.05, 0) is 25.7 Å². The van der Waals surface area contributed by atoms with Gasteiger partial charge in [0.25, 0.3) is 0 Å². The smallest absolute Gasteiger partial charge is 0.303 e. The number of carbonyl (C=O) groups is 1. The molecule has 84 valence electrons. The number of rotatable bonds is 5. The van der Waals surface area contributed by atoms with E-state index >= 15 is 0 Å². The van der Waals surface area contributed by atoms with Crippen molar-refractivity contribution in [3.05, 3.63) is 15.6 Å². The summed E-state index contributed by atoms with van der Waals surface area (Å²) < 4.78 is 0. The van der Waals surface area contributed by atoms with Crippen molar-refractivity contribution in [2.24, 2.45) is 0 Å². The van der Waals surface area contributed by atoms with Crippen molar-refractivity contribution in [1.29, 1.82) is 0 Å². The number of hydrogen-bond acceptors (Lipinski definition) is 3. The lowest BCUT2D eigenvalue weighted by atomic mass is 10.1. The third-order valence-corrected chi connectivity index (χ3v) is 3.48. The van der Waals surface area contributed by atoms with E-state index < -0.39 is 5.97 Å². The summed E-state index contributed by atoms with van der Waals surface area (Å²) >= 11 is 1.72. The molecule has 0 aliphatic rings. The van der Waals surface area contributed by atoms with Crippen LogP contribution in [0.3, 0.4) is 0 Å². The minimum absolute atomic E-state index is 0.230. The molecule has 0 aromatic carbocycles. The molecule has 0 bridgehead atoms. The number of thiazole rings is 1. The predicted octanol–water partition coefficient (Wildman–Crippen LogP) is 2.98. The molecular weight excluding hydrogens is 210 g/mol. The van der Waals surface area contributed by atoms with E-state index in [-0.39, 0.29) is 6.42 Å². The summed E-state index contributed by atoms with van der Waals surface area (Å²) in [7, 11) is 0. The van der Waals surface area contributed by atoms with E-state index in [0.717, 1.165) is 17.1 Å². The first-order valence-corrected chi connectivity index (χ1v) is 6.00. The van der Waals surface area contributed by atoms with Crippen molar-refractivity contribution >= 4 is 17.3 Å². The van der Waals surface area contributed by atoms with Crippen molar-refractivity contribution < 1.29 is 9.90 Å². The second kappa shape index (κ2) is 5.26. The fourth-order valence-corrected chi connectivity index (χ4v) is 2.50. The molecule has 0 aliphatic carbocycles. The number of aryl methyl sites for hydroxylation is 2. The van der Waals surface area contributed by atoms with E-state index in [4.69, 9.17) is 5.11 Å². The summed E-state index contributed by atoms with van der Waals surface area (Å²) in [6.45, 7) is 6.29. The first-order valence-electron chi connectivity index (χ1n) is 5.18. The lowest BCUT2D eigenvalue weighted by Gasteiger charge is -2.03. The predicted molar refractivity (Wildman–Crippen MR) is 61.5 cm³/mol. The molecule has 1 rings (SSSR count). The Hall–Kier alpha value is -0.900. The average Bonchev–Trinajstić information content (AvgIpc) is 2.46. The lowest BCUT2D eigenvalue weighted by molar-refractivity contribution is -0.137. The number of nitrogens with zero attached hydrogens (tertiary/aromatic N) is 1. The second-order valence-electron chi connectivity index (χ2n) is 3.95. The fraction of sp³-hybridized carbons (Fsp3) is 0.636. The molecule has 0 saturated heterocycles. The normalized spacial score (nSPS) is 10.9. The quantitative estimate of drug-likeness (QED) is 0.841. The Balaban J connectivity index is 2.63. The van der Waals surface area contributed by atoms with Gasteiger partial charge in [0, 0.05) is 11.3 Å². The van der Waals surface area contributed by atoms with Crippen molar-refractivity contribution in [1.82, 2.24) is 4.98 Å². The molecule has 0 aliphatic heterocycles. The summed E-state index contributed by atoms with van der Waals surface area (Å²) in [5.74, 6) is -0.246. The van der Waals surface area contributed by atoms with Gasteiger partial charge >= 0.3 is 5.97 Å². The van der Waals surface area contributed by atoms with Gasteiger partial charge in [-0.1, -0.05) is 13.8 Å². The minimum Gasteiger partial charge on any atom is -0.481 e. The molecule has 1 aromatic heterocycles. The molecule has 15 heavy (non-hydrogen) atoms. The molecular formula is C11H17NO2S. The van der Waals surface area contributed by atoms with Crippen LogP contribution < -0.4 is 0 Å². The van der Waals surface area contributed by atoms with Crippen LogP contribution >= 0.6 is 11.3 Å². The molecule has 0 unspecified atom stereocenters. The Bertz CT molecular complexity index is 344. The minimum atomic E-state index is -0.729. The monoisotopic (exact) mass is 227 g/mol. The van der Waals surface area contributed by atoms with Crippen LogP contribution in [0.5, 0.6) is 0 Å². The molecule has 0 radical (unpaired) electrons. The standard InChI is InChI=1S/C11H17NO2S/c1-7(2)11-9(12-8(3)15-11)5-4-6-10(13)14/h7H,4-6H2,1-3H3,(H,13,14). The van der Waals surface area contributed by atoms with Crippen LogP contribution in [0.4, 0.5) is 0 Å². The number of carboxylic acid groups (broad SMARTS) is 1. The van der Waals surface area contributed by atoms with Crippen LogP contribution in [0.1, 0.15) is 48.2 Å². The van der Waals surface area contributed by atoms with Gasteiger partial charge < -0.3 is 5.11 Å². The van der Waals surface area contributed by atoms with Crippen molar-refractivity contribution in [3.8, 4) is 0 Å². The van der Waals surface area contributed by atoms with Gasteiger partial charge in [0.15, 0.2) is 0 Å². The largest absolute Gasteiger partial charge is 0.481 e. The highest BCUT2D eigenvalue weighted by atomic mass is 32.1. The van der Waals surface area contributed by atoms with E-state index in [2.05, 4.69) is 18.8 Å². The van der Waals surface area contributed by atoms with E-state index in [0.29, 0.717) is 12.3 Å². The van der Waals surface area contributed by atoms with E-state index in [1.165, 1.54) is 4.88 Å². The Morgan fingerprint density at radius 3 is 2.73 bits per heavy atom. The average molecular weight is 227 g/mol. The molecule has 1 heterocycles. The number of aliphatic carboxylic acids is 1. The summed E-state index contributed by atoms with van der Waals surface area (Å²) in [4.78, 5) is 16.2. The molecule has 1 aromatic rings. The highest BCUT2D eigenvalue weighted by Crippen LogP contribution is 2.27. The van der Waals surface area contributed by atoms with E-state index in [1.807, 2.05) is 6.92 Å². The zero-order valence-electron chi connectivity index (χ0n) is 9.41. The third-order valence-electron chi connectivity index (χ3n) is 2.16. The van der Waals surface area contributed by atoms with Gasteiger partial charge in [-0.25, -0.2) is 4.98 Å². The van der Waals surface area contributed by atoms with Crippen LogP contribution in [0.15, 0.2) is 0 Å². The van der Waals surface area contributed by atoms with Crippen molar-refractivity contribution in [3.63, 3.8) is 0 Å². The lowest BCUT2D eigenvalue weighted by Crippen LogP contribution is -1.98. The maximum atomic E-state index is 10.4. The molecule has 3 nitrogen and oxygen atoms in total. The van der Waals surface area contributed by atoms with E-state index in [1.54, 1.807) is 11.3 Å². The molecule has 4 heteroatoms. The van der Waals surface area contributed by atoms with Gasteiger partial charge in [-0.2, -0.15) is 0 Å². The van der Waals surface area contributed by atoms with Gasteiger partial charge in [-0.3, -0.25) is 4.79 Å². The van der Waals surface area contributed by atoms with Gasteiger partial charge in [0.1, 0.15) is 0 Å². The first kappa shape index (κ1) is 12.2. The highest BCUT2D eigenvalue weighted by Gasteiger charge is 2.12. The Labute approximate surface area is 94.2 Å². The van der Waals surface area contributed by atoms with Crippen LogP contribution in [0.2, 0.25) is 0 Å². The van der Waals surface area contributed by atoms with Crippen LogP contribution in [0.25, 0.3) is 0 Å². The Morgan fingerprint density at radius 1 is 1.53 bits per heavy atom. The van der Waals surface area contributed by atoms with Crippen LogP contribution in [-0.4, -0.2) is 16.1 Å².